The zero-order chi connectivity index (χ0) is 23.7. The zero-order valence-corrected chi connectivity index (χ0v) is 20.3. The molecule has 1 saturated heterocycles. The summed E-state index contributed by atoms with van der Waals surface area (Å²) in [6.07, 6.45) is 7.38. The maximum absolute atomic E-state index is 13.1. The number of nitrogens with zero attached hydrogens (tertiary/aromatic N) is 7. The Morgan fingerprint density at radius 3 is 2.32 bits per heavy atom. The molecule has 3 aliphatic rings. The Morgan fingerprint density at radius 1 is 1.00 bits per heavy atom. The number of piperazine rings is 1. The van der Waals surface area contributed by atoms with Crippen LogP contribution in [0, 0.1) is 0 Å². The molecule has 2 aliphatic carbocycles. The van der Waals surface area contributed by atoms with Gasteiger partial charge in [-0.2, -0.15) is 17.0 Å². The molecule has 1 aromatic carbocycles. The average molecular weight is 489 g/mol. The molecule has 12 heteroatoms. The number of carbonyl (C=O) groups excluding carboxylic acids is 1. The Balaban J connectivity index is 1.15. The first kappa shape index (κ1) is 23.2. The molecule has 2 amide bonds. The van der Waals surface area contributed by atoms with E-state index in [2.05, 4.69) is 20.8 Å². The molecule has 0 bridgehead atoms. The summed E-state index contributed by atoms with van der Waals surface area (Å²) >= 11 is 0. The minimum Gasteiger partial charge on any atom is -0.322 e. The van der Waals surface area contributed by atoms with E-state index in [1.54, 1.807) is 16.3 Å². The van der Waals surface area contributed by atoms with Crippen LogP contribution in [0.15, 0.2) is 24.3 Å². The first-order valence-electron chi connectivity index (χ1n) is 12.1. The molecule has 11 nitrogen and oxygen atoms in total. The lowest BCUT2D eigenvalue weighted by molar-refractivity contribution is 0.178. The fourth-order valence-electron chi connectivity index (χ4n) is 4.79. The molecule has 0 spiro atoms. The van der Waals surface area contributed by atoms with E-state index in [-0.39, 0.29) is 12.1 Å². The lowest BCUT2D eigenvalue weighted by Gasteiger charge is -2.38. The van der Waals surface area contributed by atoms with Gasteiger partial charge in [-0.3, -0.25) is 0 Å². The molecule has 2 saturated carbocycles. The topological polar surface area (TPSA) is 117 Å². The van der Waals surface area contributed by atoms with Crippen molar-refractivity contribution in [3.63, 3.8) is 0 Å². The molecule has 1 aliphatic heterocycles. The fourth-order valence-corrected chi connectivity index (χ4v) is 6.37. The summed E-state index contributed by atoms with van der Waals surface area (Å²) in [6.45, 7) is 1.32. The molecule has 2 heterocycles. The number of rotatable bonds is 6. The third-order valence-corrected chi connectivity index (χ3v) is 9.13. The van der Waals surface area contributed by atoms with Gasteiger partial charge in [0.05, 0.1) is 6.04 Å². The van der Waals surface area contributed by atoms with Gasteiger partial charge < -0.3 is 10.2 Å². The molecule has 0 radical (unpaired) electrons. The van der Waals surface area contributed by atoms with Crippen LogP contribution in [0.25, 0.3) is 11.4 Å². The van der Waals surface area contributed by atoms with Crippen LogP contribution >= 0.6 is 0 Å². The minimum absolute atomic E-state index is 0.0805. The summed E-state index contributed by atoms with van der Waals surface area (Å²) in [5.74, 6) is 0.732. The van der Waals surface area contributed by atoms with Gasteiger partial charge in [-0.1, -0.05) is 19.3 Å². The fraction of sp³-hybridized carbons (Fsp3) is 0.636. The molecule has 5 rings (SSSR count). The van der Waals surface area contributed by atoms with Gasteiger partial charge in [0.1, 0.15) is 0 Å². The number of benzene rings is 1. The normalized spacial score (nSPS) is 20.6. The van der Waals surface area contributed by atoms with E-state index in [9.17, 15) is 13.2 Å². The van der Waals surface area contributed by atoms with Crippen molar-refractivity contribution in [3.05, 3.63) is 24.3 Å². The van der Waals surface area contributed by atoms with Crippen molar-refractivity contribution >= 4 is 21.9 Å². The highest BCUT2D eigenvalue weighted by Crippen LogP contribution is 2.36. The van der Waals surface area contributed by atoms with E-state index in [0.717, 1.165) is 49.9 Å². The van der Waals surface area contributed by atoms with Crippen LogP contribution in [0.4, 0.5) is 10.5 Å². The standard InChI is InChI=1S/C22H32N8O3S/c1-27(19-5-3-2-4-6-19)34(32,33)29-15-13-28(14-16-29)22(31)23-18-9-7-17(8-10-18)21-24-25-26-30(21)20-11-12-20/h7-10,19-20H,2-6,11-16H2,1H3,(H,23,31). The van der Waals surface area contributed by atoms with Crippen molar-refractivity contribution in [1.82, 2.24) is 33.7 Å². The highest BCUT2D eigenvalue weighted by molar-refractivity contribution is 7.86. The molecule has 3 fully saturated rings. The number of hydrogen-bond acceptors (Lipinski definition) is 6. The smallest absolute Gasteiger partial charge is 0.321 e. The number of amides is 2. The molecule has 0 atom stereocenters. The second kappa shape index (κ2) is 9.59. The third kappa shape index (κ3) is 4.80. The Morgan fingerprint density at radius 2 is 1.68 bits per heavy atom. The molecular formula is C22H32N8O3S. The predicted octanol–water partition coefficient (Wildman–Crippen LogP) is 2.33. The van der Waals surface area contributed by atoms with Gasteiger partial charge in [0.2, 0.25) is 0 Å². The summed E-state index contributed by atoms with van der Waals surface area (Å²) in [5.41, 5.74) is 1.57. The van der Waals surface area contributed by atoms with Crippen molar-refractivity contribution in [3.8, 4) is 11.4 Å². The second-order valence-corrected chi connectivity index (χ2v) is 11.4. The number of tetrazole rings is 1. The molecule has 0 unspecified atom stereocenters. The molecule has 184 valence electrons. The van der Waals surface area contributed by atoms with E-state index < -0.39 is 10.2 Å². The minimum atomic E-state index is -3.51. The SMILES string of the molecule is CN(C1CCCCC1)S(=O)(=O)N1CCN(C(=O)Nc2ccc(-c3nnnn3C3CC3)cc2)CC1. The first-order chi connectivity index (χ1) is 16.4. The number of nitrogens with one attached hydrogen (secondary N) is 1. The van der Waals surface area contributed by atoms with Gasteiger partial charge in [0.25, 0.3) is 10.2 Å². The number of carbonyl (C=O) groups is 1. The van der Waals surface area contributed by atoms with E-state index in [1.807, 2.05) is 28.9 Å². The Bertz CT molecular complexity index is 1100. The number of hydrogen-bond donors (Lipinski definition) is 1. The number of anilines is 1. The summed E-state index contributed by atoms with van der Waals surface area (Å²) in [5, 5.41) is 14.9. The van der Waals surface area contributed by atoms with Gasteiger partial charge in [-0.25, -0.2) is 9.48 Å². The van der Waals surface area contributed by atoms with E-state index in [4.69, 9.17) is 0 Å². The number of urea groups is 1. The van der Waals surface area contributed by atoms with Crippen LogP contribution in [0.2, 0.25) is 0 Å². The Labute approximate surface area is 200 Å². The van der Waals surface area contributed by atoms with Crippen LogP contribution in [0.3, 0.4) is 0 Å². The first-order valence-corrected chi connectivity index (χ1v) is 13.5. The summed E-state index contributed by atoms with van der Waals surface area (Å²) in [7, 11) is -1.82. The number of aromatic nitrogens is 4. The molecule has 1 N–H and O–H groups in total. The third-order valence-electron chi connectivity index (χ3n) is 7.08. The molecule has 1 aromatic heterocycles. The zero-order valence-electron chi connectivity index (χ0n) is 19.5. The van der Waals surface area contributed by atoms with Gasteiger partial charge >= 0.3 is 6.03 Å². The van der Waals surface area contributed by atoms with Crippen molar-refractivity contribution in [2.75, 3.05) is 38.5 Å². The Kier molecular flexibility index (Phi) is 6.54. The highest BCUT2D eigenvalue weighted by atomic mass is 32.2. The van der Waals surface area contributed by atoms with Crippen LogP contribution in [-0.2, 0) is 10.2 Å². The van der Waals surface area contributed by atoms with Gasteiger partial charge in [-0.05, 0) is 60.4 Å². The molecular weight excluding hydrogens is 456 g/mol. The van der Waals surface area contributed by atoms with E-state index >= 15 is 0 Å². The van der Waals surface area contributed by atoms with Crippen LogP contribution < -0.4 is 5.32 Å². The second-order valence-electron chi connectivity index (χ2n) is 9.39. The van der Waals surface area contributed by atoms with Crippen molar-refractivity contribution in [2.24, 2.45) is 0 Å². The van der Waals surface area contributed by atoms with Gasteiger partial charge in [0, 0.05) is 50.5 Å². The maximum Gasteiger partial charge on any atom is 0.321 e. The van der Waals surface area contributed by atoms with Gasteiger partial charge in [0.15, 0.2) is 5.82 Å². The summed E-state index contributed by atoms with van der Waals surface area (Å²) in [6, 6.07) is 7.69. The highest BCUT2D eigenvalue weighted by Gasteiger charge is 2.35. The maximum atomic E-state index is 13.1. The van der Waals surface area contributed by atoms with Crippen molar-refractivity contribution < 1.29 is 13.2 Å². The van der Waals surface area contributed by atoms with Crippen molar-refractivity contribution in [1.29, 1.82) is 0 Å². The van der Waals surface area contributed by atoms with Crippen LogP contribution in [0.5, 0.6) is 0 Å². The average Bonchev–Trinajstić information content (AvgIpc) is 3.60. The monoisotopic (exact) mass is 488 g/mol. The molecule has 2 aromatic rings. The lowest BCUT2D eigenvalue weighted by Crippen LogP contribution is -2.55. The Hall–Kier alpha value is -2.57. The lowest BCUT2D eigenvalue weighted by atomic mass is 9.96. The summed E-state index contributed by atoms with van der Waals surface area (Å²) in [4.78, 5) is 14.4. The van der Waals surface area contributed by atoms with E-state index in [1.165, 1.54) is 10.7 Å². The van der Waals surface area contributed by atoms with Crippen molar-refractivity contribution in [2.45, 2.75) is 57.0 Å². The summed E-state index contributed by atoms with van der Waals surface area (Å²) < 4.78 is 31.0. The van der Waals surface area contributed by atoms with Crippen LogP contribution in [-0.4, -0.2) is 87.4 Å². The van der Waals surface area contributed by atoms with Crippen LogP contribution in [0.1, 0.15) is 51.0 Å². The van der Waals surface area contributed by atoms with E-state index in [0.29, 0.717) is 37.9 Å². The quantitative estimate of drug-likeness (QED) is 0.667. The predicted molar refractivity (Wildman–Crippen MR) is 127 cm³/mol. The molecule has 34 heavy (non-hydrogen) atoms. The van der Waals surface area contributed by atoms with Gasteiger partial charge in [-0.15, -0.1) is 5.10 Å². The largest absolute Gasteiger partial charge is 0.322 e.